The normalized spacial score (nSPS) is 10.2. The Hall–Kier alpha value is -1.95. The lowest BCUT2D eigenvalue weighted by molar-refractivity contribution is -0.145. The topological polar surface area (TPSA) is 88.4 Å². The molecule has 0 unspecified atom stereocenters. The Labute approximate surface area is 72.4 Å². The Kier molecular flexibility index (Phi) is 1.67. The number of rotatable bonds is 1. The highest BCUT2D eigenvalue weighted by Crippen LogP contribution is 2.21. The Morgan fingerprint density at radius 1 is 1.31 bits per heavy atom. The Morgan fingerprint density at radius 2 is 2.15 bits per heavy atom. The summed E-state index contributed by atoms with van der Waals surface area (Å²) in [4.78, 5) is 14.8. The molecule has 2 N–H and O–H groups in total. The second-order valence-corrected chi connectivity index (χ2v) is 2.31. The van der Waals surface area contributed by atoms with E-state index in [1.807, 2.05) is 0 Å². The lowest BCUT2D eigenvalue weighted by atomic mass is 10.3. The molecule has 0 aromatic carbocycles. The second kappa shape index (κ2) is 2.83. The van der Waals surface area contributed by atoms with Gasteiger partial charge in [0, 0.05) is 6.20 Å². The minimum Gasteiger partial charge on any atom is -0.493 e. The molecule has 2 heterocycles. The highest BCUT2D eigenvalue weighted by molar-refractivity contribution is 5.82. The summed E-state index contributed by atoms with van der Waals surface area (Å²) in [5, 5.41) is 18.0. The maximum absolute atomic E-state index is 9.31. The van der Waals surface area contributed by atoms with Gasteiger partial charge in [-0.1, -0.05) is 0 Å². The first kappa shape index (κ1) is 7.69. The van der Waals surface area contributed by atoms with Crippen LogP contribution in [0, 0.1) is 0 Å². The van der Waals surface area contributed by atoms with E-state index in [1.54, 1.807) is 6.07 Å². The van der Waals surface area contributed by atoms with E-state index in [4.69, 9.17) is 5.26 Å². The van der Waals surface area contributed by atoms with E-state index in [0.717, 1.165) is 0 Å². The molecule has 0 spiro atoms. The zero-order valence-corrected chi connectivity index (χ0v) is 6.38. The lowest BCUT2D eigenvalue weighted by Crippen LogP contribution is -1.93. The van der Waals surface area contributed by atoms with Gasteiger partial charge in [-0.05, 0) is 6.07 Å². The molecule has 0 aliphatic carbocycles. The van der Waals surface area contributed by atoms with Crippen LogP contribution in [0.15, 0.2) is 18.5 Å². The van der Waals surface area contributed by atoms with E-state index in [9.17, 15) is 5.11 Å². The van der Waals surface area contributed by atoms with Gasteiger partial charge < -0.3 is 5.11 Å². The van der Waals surface area contributed by atoms with Crippen molar-refractivity contribution in [3.05, 3.63) is 18.5 Å². The molecule has 0 aliphatic rings. The van der Waals surface area contributed by atoms with Gasteiger partial charge in [-0.15, -0.1) is 0 Å². The Morgan fingerprint density at radius 3 is 2.92 bits per heavy atom. The number of aromatic hydroxyl groups is 1. The monoisotopic (exact) mass is 179 g/mol. The number of hydrogen-bond donors (Lipinski definition) is 2. The first-order valence-corrected chi connectivity index (χ1v) is 3.43. The number of pyridine rings is 1. The van der Waals surface area contributed by atoms with E-state index >= 15 is 0 Å². The lowest BCUT2D eigenvalue weighted by Gasteiger charge is -1.99. The summed E-state index contributed by atoms with van der Waals surface area (Å²) in [7, 11) is 0. The van der Waals surface area contributed by atoms with Gasteiger partial charge in [0.2, 0.25) is 5.88 Å². The third kappa shape index (κ3) is 1.23. The summed E-state index contributed by atoms with van der Waals surface area (Å²) in [6, 6.07) is 1.25. The van der Waals surface area contributed by atoms with Crippen LogP contribution in [0.1, 0.15) is 0 Å². The van der Waals surface area contributed by atoms with Crippen LogP contribution in [0.2, 0.25) is 0 Å². The van der Waals surface area contributed by atoms with E-state index < -0.39 is 0 Å². The van der Waals surface area contributed by atoms with Crippen molar-refractivity contribution in [3.63, 3.8) is 0 Å². The largest absolute Gasteiger partial charge is 0.493 e. The maximum Gasteiger partial charge on any atom is 0.356 e. The highest BCUT2D eigenvalue weighted by Gasteiger charge is 2.06. The molecule has 0 bridgehead atoms. The first-order chi connectivity index (χ1) is 6.31. The minimum absolute atomic E-state index is 0.253. The predicted molar refractivity (Wildman–Crippen MR) is 42.3 cm³/mol. The Balaban J connectivity index is 2.77. The van der Waals surface area contributed by atoms with Gasteiger partial charge in [0.25, 0.3) is 0 Å². The quantitative estimate of drug-likeness (QED) is 0.491. The SMILES string of the molecule is OOc1nc(O)c2ccncc2n1. The number of fused-ring (bicyclic) bond motifs is 1. The summed E-state index contributed by atoms with van der Waals surface area (Å²) >= 11 is 0. The summed E-state index contributed by atoms with van der Waals surface area (Å²) in [5.74, 6) is -0.253. The van der Waals surface area contributed by atoms with Gasteiger partial charge in [-0.3, -0.25) is 9.87 Å². The fourth-order valence-electron chi connectivity index (χ4n) is 0.984. The van der Waals surface area contributed by atoms with Crippen molar-refractivity contribution in [3.8, 4) is 11.9 Å². The Bertz CT molecular complexity index is 446. The van der Waals surface area contributed by atoms with Crippen molar-refractivity contribution in [2.75, 3.05) is 0 Å². The highest BCUT2D eigenvalue weighted by atomic mass is 17.1. The molecule has 0 fully saturated rings. The average molecular weight is 179 g/mol. The molecule has 0 saturated heterocycles. The zero-order valence-electron chi connectivity index (χ0n) is 6.38. The molecule has 2 aromatic heterocycles. The van der Waals surface area contributed by atoms with Gasteiger partial charge in [0.15, 0.2) is 0 Å². The second-order valence-electron chi connectivity index (χ2n) is 2.31. The van der Waals surface area contributed by atoms with Gasteiger partial charge in [-0.25, -0.2) is 0 Å². The van der Waals surface area contributed by atoms with Crippen LogP contribution < -0.4 is 4.89 Å². The van der Waals surface area contributed by atoms with Gasteiger partial charge in [0.05, 0.1) is 17.1 Å². The molecule has 13 heavy (non-hydrogen) atoms. The van der Waals surface area contributed by atoms with E-state index in [1.165, 1.54) is 12.4 Å². The van der Waals surface area contributed by atoms with Crippen molar-refractivity contribution >= 4 is 10.9 Å². The molecule has 0 aliphatic heterocycles. The molecule has 0 radical (unpaired) electrons. The molecule has 66 valence electrons. The van der Waals surface area contributed by atoms with E-state index in [-0.39, 0.29) is 11.9 Å². The molecule has 0 amide bonds. The molecule has 0 atom stereocenters. The van der Waals surface area contributed by atoms with Crippen LogP contribution in [-0.4, -0.2) is 25.3 Å². The molecule has 2 aromatic rings. The summed E-state index contributed by atoms with van der Waals surface area (Å²) in [6.45, 7) is 0. The number of hydrogen-bond acceptors (Lipinski definition) is 6. The molecule has 2 rings (SSSR count). The van der Waals surface area contributed by atoms with Crippen molar-refractivity contribution in [2.45, 2.75) is 0 Å². The summed E-state index contributed by atoms with van der Waals surface area (Å²) in [5.41, 5.74) is 0.402. The van der Waals surface area contributed by atoms with Gasteiger partial charge in [0.1, 0.15) is 0 Å². The van der Waals surface area contributed by atoms with Crippen LogP contribution in [0.4, 0.5) is 0 Å². The third-order valence-corrected chi connectivity index (χ3v) is 1.54. The van der Waals surface area contributed by atoms with Gasteiger partial charge >= 0.3 is 6.01 Å². The van der Waals surface area contributed by atoms with Crippen molar-refractivity contribution in [1.29, 1.82) is 0 Å². The number of nitrogens with zero attached hydrogens (tertiary/aromatic N) is 3. The molecular weight excluding hydrogens is 174 g/mol. The standard InChI is InChI=1S/C7H5N3O3/c11-6-4-1-2-8-3-5(4)9-7(10-6)13-12/h1-3,12H,(H,9,10,11). The van der Waals surface area contributed by atoms with Crippen LogP contribution >= 0.6 is 0 Å². The van der Waals surface area contributed by atoms with Crippen molar-refractivity contribution < 1.29 is 15.3 Å². The fraction of sp³-hybridized carbons (Fsp3) is 0. The van der Waals surface area contributed by atoms with Crippen LogP contribution in [0.5, 0.6) is 11.9 Å². The molecular formula is C7H5N3O3. The maximum atomic E-state index is 9.31. The molecule has 0 saturated carbocycles. The first-order valence-electron chi connectivity index (χ1n) is 3.43. The van der Waals surface area contributed by atoms with Crippen LogP contribution in [-0.2, 0) is 0 Å². The minimum atomic E-state index is -0.307. The number of aromatic nitrogens is 3. The van der Waals surface area contributed by atoms with E-state index in [0.29, 0.717) is 10.9 Å². The summed E-state index contributed by atoms with van der Waals surface area (Å²) in [6.07, 6.45) is 2.93. The van der Waals surface area contributed by atoms with E-state index in [2.05, 4.69) is 19.8 Å². The third-order valence-electron chi connectivity index (χ3n) is 1.54. The molecule has 6 nitrogen and oxygen atoms in total. The van der Waals surface area contributed by atoms with Crippen molar-refractivity contribution in [2.24, 2.45) is 0 Å². The van der Waals surface area contributed by atoms with Crippen LogP contribution in [0.25, 0.3) is 10.9 Å². The average Bonchev–Trinajstić information content (AvgIpc) is 2.18. The summed E-state index contributed by atoms with van der Waals surface area (Å²) < 4.78 is 0. The zero-order chi connectivity index (χ0) is 9.26. The molecule has 6 heteroatoms. The predicted octanol–water partition coefficient (Wildman–Crippen LogP) is 0.582. The van der Waals surface area contributed by atoms with Crippen LogP contribution in [0.3, 0.4) is 0 Å². The smallest absolute Gasteiger partial charge is 0.356 e. The fourth-order valence-corrected chi connectivity index (χ4v) is 0.984. The van der Waals surface area contributed by atoms with Gasteiger partial charge in [-0.2, -0.15) is 15.2 Å². The van der Waals surface area contributed by atoms with Crippen molar-refractivity contribution in [1.82, 2.24) is 15.0 Å².